The monoisotopic (exact) mass is 376 g/mol. The summed E-state index contributed by atoms with van der Waals surface area (Å²) in [6.45, 7) is 2.14. The summed E-state index contributed by atoms with van der Waals surface area (Å²) in [5.74, 6) is 0.614. The summed E-state index contributed by atoms with van der Waals surface area (Å²) < 4.78 is 12.0. The first-order valence-corrected chi connectivity index (χ1v) is 9.00. The van der Waals surface area contributed by atoms with Crippen LogP contribution in [-0.2, 0) is 6.61 Å². The fraction of sp³-hybridized carbons (Fsp3) is 0.0870. The first-order valence-electron chi connectivity index (χ1n) is 8.62. The molecule has 0 aliphatic carbocycles. The van der Waals surface area contributed by atoms with E-state index in [1.165, 1.54) is 0 Å². The van der Waals surface area contributed by atoms with Gasteiger partial charge in [-0.25, -0.2) is 0 Å². The topological polar surface area (TPSA) is 39.4 Å². The number of benzene rings is 3. The molecule has 134 valence electrons. The zero-order chi connectivity index (χ0) is 18.8. The molecule has 0 aliphatic heterocycles. The number of hydrogen-bond donors (Lipinski definition) is 0. The second kappa shape index (κ2) is 7.29. The molecule has 0 unspecified atom stereocenters. The van der Waals surface area contributed by atoms with Gasteiger partial charge in [-0.3, -0.25) is 4.79 Å². The Morgan fingerprint density at radius 1 is 0.963 bits per heavy atom. The molecule has 0 atom stereocenters. The van der Waals surface area contributed by atoms with E-state index in [0.29, 0.717) is 21.8 Å². The average molecular weight is 377 g/mol. The maximum atomic E-state index is 13.1. The molecular weight excluding hydrogens is 360 g/mol. The molecule has 0 aliphatic rings. The molecule has 0 fully saturated rings. The van der Waals surface area contributed by atoms with Crippen LogP contribution in [-0.4, -0.2) is 0 Å². The Balaban J connectivity index is 1.86. The SMILES string of the molecule is Cc1ccc2c(=O)c(OCc3ccccc3Cl)c(-c3ccccc3)oc2c1. The minimum atomic E-state index is -0.192. The van der Waals surface area contributed by atoms with Crippen molar-refractivity contribution in [1.82, 2.24) is 0 Å². The Kier molecular flexibility index (Phi) is 4.69. The van der Waals surface area contributed by atoms with E-state index in [4.69, 9.17) is 20.8 Å². The lowest BCUT2D eigenvalue weighted by atomic mass is 10.1. The third-order valence-electron chi connectivity index (χ3n) is 4.37. The second-order valence-corrected chi connectivity index (χ2v) is 6.74. The van der Waals surface area contributed by atoms with E-state index in [1.54, 1.807) is 12.1 Å². The van der Waals surface area contributed by atoms with Gasteiger partial charge >= 0.3 is 0 Å². The average Bonchev–Trinajstić information content (AvgIpc) is 2.69. The summed E-state index contributed by atoms with van der Waals surface area (Å²) in [4.78, 5) is 13.1. The number of aryl methyl sites for hydroxylation is 1. The van der Waals surface area contributed by atoms with Gasteiger partial charge in [-0.2, -0.15) is 0 Å². The van der Waals surface area contributed by atoms with E-state index in [2.05, 4.69) is 0 Å². The fourth-order valence-corrected chi connectivity index (χ4v) is 3.15. The van der Waals surface area contributed by atoms with Gasteiger partial charge in [0, 0.05) is 16.1 Å². The predicted octanol–water partition coefficient (Wildman–Crippen LogP) is 6.00. The summed E-state index contributed by atoms with van der Waals surface area (Å²) in [7, 11) is 0. The Labute approximate surface area is 161 Å². The van der Waals surface area contributed by atoms with E-state index in [0.717, 1.165) is 16.7 Å². The van der Waals surface area contributed by atoms with Crippen LogP contribution >= 0.6 is 11.6 Å². The Morgan fingerprint density at radius 3 is 2.48 bits per heavy atom. The fourth-order valence-electron chi connectivity index (χ4n) is 2.96. The summed E-state index contributed by atoms with van der Waals surface area (Å²) in [5, 5.41) is 1.09. The molecule has 4 rings (SSSR count). The van der Waals surface area contributed by atoms with E-state index >= 15 is 0 Å². The molecule has 3 aromatic carbocycles. The lowest BCUT2D eigenvalue weighted by molar-refractivity contribution is 0.298. The molecule has 27 heavy (non-hydrogen) atoms. The van der Waals surface area contributed by atoms with Crippen molar-refractivity contribution >= 4 is 22.6 Å². The summed E-state index contributed by atoms with van der Waals surface area (Å²) in [5.41, 5.74) is 2.97. The third-order valence-corrected chi connectivity index (χ3v) is 4.74. The van der Waals surface area contributed by atoms with Gasteiger partial charge in [0.05, 0.1) is 5.39 Å². The van der Waals surface area contributed by atoms with Crippen LogP contribution in [0, 0.1) is 6.92 Å². The van der Waals surface area contributed by atoms with Gasteiger partial charge in [0.15, 0.2) is 5.76 Å². The molecule has 0 bridgehead atoms. The maximum absolute atomic E-state index is 13.1. The molecule has 0 N–H and O–H groups in total. The largest absolute Gasteiger partial charge is 0.481 e. The van der Waals surface area contributed by atoms with Crippen molar-refractivity contribution in [3.63, 3.8) is 0 Å². The molecule has 0 radical (unpaired) electrons. The van der Waals surface area contributed by atoms with E-state index in [1.807, 2.05) is 67.6 Å². The van der Waals surface area contributed by atoms with Crippen molar-refractivity contribution in [2.75, 3.05) is 0 Å². The quantitative estimate of drug-likeness (QED) is 0.438. The summed E-state index contributed by atoms with van der Waals surface area (Å²) in [6.07, 6.45) is 0. The van der Waals surface area contributed by atoms with Crippen LogP contribution in [0.15, 0.2) is 82.0 Å². The molecular formula is C23H17ClO3. The van der Waals surface area contributed by atoms with Gasteiger partial charge in [-0.1, -0.05) is 66.2 Å². The van der Waals surface area contributed by atoms with Gasteiger partial charge in [0.25, 0.3) is 0 Å². The number of rotatable bonds is 4. The molecule has 0 amide bonds. The highest BCUT2D eigenvalue weighted by molar-refractivity contribution is 6.31. The minimum absolute atomic E-state index is 0.182. The van der Waals surface area contributed by atoms with Crippen LogP contribution in [0.2, 0.25) is 5.02 Å². The Hall–Kier alpha value is -3.04. The van der Waals surface area contributed by atoms with Crippen molar-refractivity contribution in [3.05, 3.63) is 99.2 Å². The molecule has 1 heterocycles. The lowest BCUT2D eigenvalue weighted by Gasteiger charge is -2.12. The van der Waals surface area contributed by atoms with Gasteiger partial charge in [-0.15, -0.1) is 0 Å². The highest BCUT2D eigenvalue weighted by Gasteiger charge is 2.18. The first kappa shape index (κ1) is 17.4. The minimum Gasteiger partial charge on any atom is -0.481 e. The zero-order valence-corrected chi connectivity index (χ0v) is 15.5. The van der Waals surface area contributed by atoms with Crippen molar-refractivity contribution in [2.24, 2.45) is 0 Å². The maximum Gasteiger partial charge on any atom is 0.235 e. The smallest absolute Gasteiger partial charge is 0.235 e. The number of fused-ring (bicyclic) bond motifs is 1. The van der Waals surface area contributed by atoms with Gasteiger partial charge in [0.2, 0.25) is 11.2 Å². The van der Waals surface area contributed by atoms with Crippen LogP contribution in [0.5, 0.6) is 5.75 Å². The van der Waals surface area contributed by atoms with E-state index in [-0.39, 0.29) is 17.8 Å². The molecule has 3 nitrogen and oxygen atoms in total. The zero-order valence-electron chi connectivity index (χ0n) is 14.7. The second-order valence-electron chi connectivity index (χ2n) is 6.34. The lowest BCUT2D eigenvalue weighted by Crippen LogP contribution is -2.10. The van der Waals surface area contributed by atoms with Crippen molar-refractivity contribution in [2.45, 2.75) is 13.5 Å². The molecule has 4 aromatic rings. The highest BCUT2D eigenvalue weighted by Crippen LogP contribution is 2.32. The van der Waals surface area contributed by atoms with Crippen LogP contribution < -0.4 is 10.2 Å². The van der Waals surface area contributed by atoms with E-state index in [9.17, 15) is 4.79 Å². The van der Waals surface area contributed by atoms with Crippen LogP contribution in [0.1, 0.15) is 11.1 Å². The van der Waals surface area contributed by atoms with Gasteiger partial charge in [0.1, 0.15) is 12.2 Å². The van der Waals surface area contributed by atoms with Gasteiger partial charge in [-0.05, 0) is 30.7 Å². The number of halogens is 1. The van der Waals surface area contributed by atoms with Crippen molar-refractivity contribution in [3.8, 4) is 17.1 Å². The molecule has 0 saturated heterocycles. The number of hydrogen-bond acceptors (Lipinski definition) is 3. The Morgan fingerprint density at radius 2 is 1.70 bits per heavy atom. The number of ether oxygens (including phenoxy) is 1. The molecule has 0 saturated carbocycles. The normalized spacial score (nSPS) is 10.9. The standard InChI is InChI=1S/C23H17ClO3/c1-15-11-12-18-20(13-15)27-22(16-7-3-2-4-8-16)23(21(18)25)26-14-17-9-5-6-10-19(17)24/h2-13H,14H2,1H3. The highest BCUT2D eigenvalue weighted by atomic mass is 35.5. The predicted molar refractivity (Wildman–Crippen MR) is 108 cm³/mol. The first-order chi connectivity index (χ1) is 13.1. The molecule has 1 aromatic heterocycles. The molecule has 0 spiro atoms. The van der Waals surface area contributed by atoms with Crippen LogP contribution in [0.4, 0.5) is 0 Å². The van der Waals surface area contributed by atoms with Crippen molar-refractivity contribution in [1.29, 1.82) is 0 Å². The van der Waals surface area contributed by atoms with Crippen LogP contribution in [0.25, 0.3) is 22.3 Å². The molecule has 4 heteroatoms. The third kappa shape index (κ3) is 3.46. The Bertz CT molecular complexity index is 1160. The summed E-state index contributed by atoms with van der Waals surface area (Å²) >= 11 is 6.22. The van der Waals surface area contributed by atoms with Crippen molar-refractivity contribution < 1.29 is 9.15 Å². The summed E-state index contributed by atoms with van der Waals surface area (Å²) in [6, 6.07) is 22.4. The van der Waals surface area contributed by atoms with Crippen LogP contribution in [0.3, 0.4) is 0 Å². The van der Waals surface area contributed by atoms with E-state index < -0.39 is 0 Å². The van der Waals surface area contributed by atoms with Gasteiger partial charge < -0.3 is 9.15 Å².